The van der Waals surface area contributed by atoms with Crippen molar-refractivity contribution in [3.05, 3.63) is 95.2 Å². The summed E-state index contributed by atoms with van der Waals surface area (Å²) in [6, 6.07) is 19.0. The Kier molecular flexibility index (Phi) is 9.66. The van der Waals surface area contributed by atoms with Crippen LogP contribution in [-0.2, 0) is 27.4 Å². The van der Waals surface area contributed by atoms with Crippen LogP contribution in [0.4, 0.5) is 5.69 Å². The van der Waals surface area contributed by atoms with Crippen LogP contribution in [0.2, 0.25) is 5.02 Å². The first kappa shape index (κ1) is 28.8. The summed E-state index contributed by atoms with van der Waals surface area (Å²) in [6.07, 6.45) is 2.63. The Bertz CT molecular complexity index is 1390. The molecular weight excluding hydrogens is 750 g/mol. The van der Waals surface area contributed by atoms with E-state index >= 15 is 0 Å². The average Bonchev–Trinajstić information content (AvgIpc) is 3.13. The van der Waals surface area contributed by atoms with Crippen molar-refractivity contribution in [2.45, 2.75) is 20.0 Å². The number of hydrogen-bond donors (Lipinski definition) is 0. The molecule has 1 heterocycles. The predicted octanol–water partition coefficient (Wildman–Crippen LogP) is 6.84. The highest BCUT2D eigenvalue weighted by Crippen LogP contribution is 2.33. The molecule has 0 aromatic heterocycles. The van der Waals surface area contributed by atoms with Gasteiger partial charge in [0, 0.05) is 5.02 Å². The Balaban J connectivity index is 1.65. The van der Waals surface area contributed by atoms with Crippen LogP contribution in [0.5, 0.6) is 5.75 Å². The van der Waals surface area contributed by atoms with Gasteiger partial charge in [0.1, 0.15) is 24.6 Å². The quantitative estimate of drug-likeness (QED) is 0.108. The minimum absolute atomic E-state index is 0.174. The second-order valence-corrected chi connectivity index (χ2v) is 11.5. The van der Waals surface area contributed by atoms with Crippen molar-refractivity contribution < 1.29 is 19.1 Å². The van der Waals surface area contributed by atoms with Gasteiger partial charge in [0.15, 0.2) is 5.11 Å². The van der Waals surface area contributed by atoms with Crippen molar-refractivity contribution in [2.24, 2.45) is 0 Å². The van der Waals surface area contributed by atoms with Gasteiger partial charge in [-0.15, -0.1) is 0 Å². The number of carbonyl (C=O) groups is 2. The van der Waals surface area contributed by atoms with Crippen LogP contribution in [0, 0.1) is 7.14 Å². The lowest BCUT2D eigenvalue weighted by atomic mass is 10.1. The van der Waals surface area contributed by atoms with E-state index < -0.39 is 5.97 Å². The van der Waals surface area contributed by atoms with E-state index in [1.165, 1.54) is 16.9 Å². The van der Waals surface area contributed by atoms with Gasteiger partial charge in [0.2, 0.25) is 0 Å². The molecule has 38 heavy (non-hydrogen) atoms. The second-order valence-electron chi connectivity index (χ2n) is 8.36. The summed E-state index contributed by atoms with van der Waals surface area (Å²) in [5.41, 5.74) is 3.87. The number of carbonyl (C=O) groups excluding carboxylic acids is 2. The molecule has 0 aliphatic carbocycles. The highest BCUT2D eigenvalue weighted by atomic mass is 127. The van der Waals surface area contributed by atoms with Crippen LogP contribution in [0.15, 0.2) is 66.4 Å². The number of anilines is 1. The molecule has 0 bridgehead atoms. The topological polar surface area (TPSA) is 59.1 Å². The molecule has 1 amide bonds. The molecule has 0 unspecified atom stereocenters. The molecule has 1 fully saturated rings. The summed E-state index contributed by atoms with van der Waals surface area (Å²) >= 11 is 16.1. The van der Waals surface area contributed by atoms with Gasteiger partial charge < -0.3 is 14.4 Å². The van der Waals surface area contributed by atoms with Crippen LogP contribution in [-0.4, -0.2) is 35.5 Å². The number of aryl methyl sites for hydroxylation is 1. The zero-order valence-corrected chi connectivity index (χ0v) is 26.4. The largest absolute Gasteiger partial charge is 0.487 e. The zero-order valence-electron chi connectivity index (χ0n) is 20.5. The van der Waals surface area contributed by atoms with Crippen LogP contribution in [0.3, 0.4) is 0 Å². The van der Waals surface area contributed by atoms with Gasteiger partial charge in [-0.3, -0.25) is 14.5 Å². The normalized spacial score (nSPS) is 14.4. The summed E-state index contributed by atoms with van der Waals surface area (Å²) in [4.78, 5) is 28.8. The van der Waals surface area contributed by atoms with E-state index in [4.69, 9.17) is 33.3 Å². The standard InChI is InChI=1S/C28H23ClI2N2O4S/c1-3-17-6-10-21(11-7-17)33-27(35)24(32(28(33)38)15-25(34)36-2)14-19-12-22(30)26(23(31)13-19)37-16-18-4-8-20(29)9-5-18/h4-14H,3,15-16H2,1-2H3/b24-14-. The van der Waals surface area contributed by atoms with Gasteiger partial charge >= 0.3 is 5.97 Å². The molecule has 3 aromatic carbocycles. The van der Waals surface area contributed by atoms with Gasteiger partial charge in [-0.05, 0) is 123 Å². The fourth-order valence-corrected chi connectivity index (χ4v) is 6.43. The third-order valence-electron chi connectivity index (χ3n) is 5.87. The van der Waals surface area contributed by atoms with Crippen LogP contribution in [0.25, 0.3) is 6.08 Å². The smallest absolute Gasteiger partial charge is 0.325 e. The highest BCUT2D eigenvalue weighted by Gasteiger charge is 2.40. The molecular formula is C28H23ClI2N2O4S. The van der Waals surface area contributed by atoms with E-state index in [-0.39, 0.29) is 17.6 Å². The Morgan fingerprint density at radius 1 is 1.03 bits per heavy atom. The average molecular weight is 773 g/mol. The van der Waals surface area contributed by atoms with E-state index in [1.54, 1.807) is 6.08 Å². The highest BCUT2D eigenvalue weighted by molar-refractivity contribution is 14.1. The number of nitrogens with zero attached hydrogens (tertiary/aromatic N) is 2. The monoisotopic (exact) mass is 772 g/mol. The van der Waals surface area contributed by atoms with Crippen LogP contribution in [0.1, 0.15) is 23.6 Å². The molecule has 6 nitrogen and oxygen atoms in total. The van der Waals surface area contributed by atoms with E-state index in [9.17, 15) is 9.59 Å². The Labute approximate surface area is 259 Å². The number of esters is 1. The van der Waals surface area contributed by atoms with Crippen molar-refractivity contribution in [3.63, 3.8) is 0 Å². The number of benzene rings is 3. The number of halogens is 3. The minimum atomic E-state index is -0.496. The number of amides is 1. The number of methoxy groups -OCH3 is 1. The third kappa shape index (κ3) is 6.49. The van der Waals surface area contributed by atoms with Gasteiger partial charge in [-0.2, -0.15) is 0 Å². The van der Waals surface area contributed by atoms with Crippen molar-refractivity contribution in [2.75, 3.05) is 18.6 Å². The Morgan fingerprint density at radius 2 is 1.63 bits per heavy atom. The lowest BCUT2D eigenvalue weighted by molar-refractivity contribution is -0.140. The molecule has 3 aromatic rings. The molecule has 1 saturated heterocycles. The first-order chi connectivity index (χ1) is 18.2. The summed E-state index contributed by atoms with van der Waals surface area (Å²) in [5.74, 6) is -0.0544. The SMILES string of the molecule is CCc1ccc(N2C(=O)/C(=C/c3cc(I)c(OCc4ccc(Cl)cc4)c(I)c3)N(CC(=O)OC)C2=S)cc1. The Morgan fingerprint density at radius 3 is 2.21 bits per heavy atom. The summed E-state index contributed by atoms with van der Waals surface area (Å²) in [5, 5.41) is 0.900. The number of thiocarbonyl (C=S) groups is 1. The van der Waals surface area contributed by atoms with Crippen molar-refractivity contribution in [1.82, 2.24) is 4.90 Å². The summed E-state index contributed by atoms with van der Waals surface area (Å²) in [6.45, 7) is 2.29. The van der Waals surface area contributed by atoms with Crippen molar-refractivity contribution >= 4 is 97.8 Å². The molecule has 0 saturated carbocycles. The molecule has 4 rings (SSSR count). The second kappa shape index (κ2) is 12.8. The van der Waals surface area contributed by atoms with E-state index in [1.807, 2.05) is 60.7 Å². The summed E-state index contributed by atoms with van der Waals surface area (Å²) in [7, 11) is 1.31. The van der Waals surface area contributed by atoms with Crippen molar-refractivity contribution in [3.8, 4) is 5.75 Å². The van der Waals surface area contributed by atoms with Gasteiger partial charge in [-0.1, -0.05) is 42.8 Å². The van der Waals surface area contributed by atoms with Crippen molar-refractivity contribution in [1.29, 1.82) is 0 Å². The zero-order chi connectivity index (χ0) is 27.4. The molecule has 0 atom stereocenters. The molecule has 0 radical (unpaired) electrons. The third-order valence-corrected chi connectivity index (χ3v) is 8.13. The maximum absolute atomic E-state index is 13.6. The van der Waals surface area contributed by atoms with E-state index in [0.29, 0.717) is 23.0 Å². The first-order valence-electron chi connectivity index (χ1n) is 11.6. The lowest BCUT2D eigenvalue weighted by Gasteiger charge is -2.19. The lowest BCUT2D eigenvalue weighted by Crippen LogP contribution is -2.35. The molecule has 0 N–H and O–H groups in total. The number of rotatable bonds is 8. The Hall–Kier alpha value is -2.22. The van der Waals surface area contributed by atoms with E-state index in [2.05, 4.69) is 52.1 Å². The molecule has 10 heteroatoms. The fraction of sp³-hybridized carbons (Fsp3) is 0.179. The minimum Gasteiger partial charge on any atom is -0.487 e. The summed E-state index contributed by atoms with van der Waals surface area (Å²) < 4.78 is 12.7. The number of ether oxygens (including phenoxy) is 2. The number of hydrogen-bond acceptors (Lipinski definition) is 5. The maximum Gasteiger partial charge on any atom is 0.325 e. The molecule has 0 spiro atoms. The molecule has 196 valence electrons. The van der Waals surface area contributed by atoms with E-state index in [0.717, 1.165) is 36.0 Å². The molecule has 1 aliphatic rings. The van der Waals surface area contributed by atoms with Crippen LogP contribution < -0.4 is 9.64 Å². The predicted molar refractivity (Wildman–Crippen MR) is 170 cm³/mol. The first-order valence-corrected chi connectivity index (χ1v) is 14.6. The maximum atomic E-state index is 13.6. The van der Waals surface area contributed by atoms with Gasteiger partial charge in [0.25, 0.3) is 5.91 Å². The van der Waals surface area contributed by atoms with Gasteiger partial charge in [0.05, 0.1) is 19.9 Å². The van der Waals surface area contributed by atoms with Gasteiger partial charge in [-0.25, -0.2) is 0 Å². The fourth-order valence-electron chi connectivity index (χ4n) is 3.83. The van der Waals surface area contributed by atoms with Crippen LogP contribution >= 0.6 is 69.0 Å². The molecule has 1 aliphatic heterocycles.